The normalized spacial score (nSPS) is 14.1. The van der Waals surface area contributed by atoms with E-state index < -0.39 is 4.92 Å². The Morgan fingerprint density at radius 1 is 1.14 bits per heavy atom. The van der Waals surface area contributed by atoms with Gasteiger partial charge in [0.05, 0.1) is 11.5 Å². The lowest BCUT2D eigenvalue weighted by molar-refractivity contribution is -0.384. The van der Waals surface area contributed by atoms with Crippen LogP contribution < -0.4 is 10.2 Å². The zero-order valence-electron chi connectivity index (χ0n) is 17.1. The Labute approximate surface area is 171 Å². The second-order valence-electron chi connectivity index (χ2n) is 7.62. The topological polar surface area (TPSA) is 78.7 Å². The fourth-order valence-corrected chi connectivity index (χ4v) is 3.83. The molecule has 0 saturated carbocycles. The minimum absolute atomic E-state index is 0.0866. The summed E-state index contributed by atoms with van der Waals surface area (Å²) < 4.78 is 0. The van der Waals surface area contributed by atoms with Gasteiger partial charge in [-0.05, 0) is 50.4 Å². The van der Waals surface area contributed by atoms with Crippen molar-refractivity contribution in [1.82, 2.24) is 4.90 Å². The van der Waals surface area contributed by atoms with Gasteiger partial charge in [0.1, 0.15) is 5.69 Å². The molecule has 154 valence electrons. The van der Waals surface area contributed by atoms with Crippen molar-refractivity contribution in [3.8, 4) is 0 Å². The van der Waals surface area contributed by atoms with Crippen LogP contribution in [0.25, 0.3) is 0 Å². The van der Waals surface area contributed by atoms with Crippen molar-refractivity contribution in [2.24, 2.45) is 0 Å². The first kappa shape index (κ1) is 20.8. The largest absolute Gasteiger partial charge is 0.371 e. The number of nitrogens with one attached hydrogen (secondary N) is 1. The quantitative estimate of drug-likeness (QED) is 0.566. The highest BCUT2D eigenvalue weighted by Gasteiger charge is 2.19. The van der Waals surface area contributed by atoms with E-state index in [-0.39, 0.29) is 23.8 Å². The van der Waals surface area contributed by atoms with Gasteiger partial charge in [-0.15, -0.1) is 0 Å². The summed E-state index contributed by atoms with van der Waals surface area (Å²) in [6, 6.07) is 13.1. The summed E-state index contributed by atoms with van der Waals surface area (Å²) in [5.41, 5.74) is 3.27. The first-order valence-electron chi connectivity index (χ1n) is 10.0. The minimum atomic E-state index is -0.471. The number of hydrogen-bond donors (Lipinski definition) is 1. The van der Waals surface area contributed by atoms with Gasteiger partial charge in [0, 0.05) is 31.4 Å². The Hall–Kier alpha value is -2.93. The monoisotopic (exact) mass is 396 g/mol. The number of nitrogens with zero attached hydrogens (tertiary/aromatic N) is 3. The number of likely N-dealkylation sites (N-methyl/N-ethyl adjacent to an activating group) is 1. The van der Waals surface area contributed by atoms with Crippen molar-refractivity contribution in [3.05, 3.63) is 63.7 Å². The number of rotatable bonds is 7. The Kier molecular flexibility index (Phi) is 6.82. The fraction of sp³-hybridized carbons (Fsp3) is 0.409. The molecule has 0 aliphatic carbocycles. The van der Waals surface area contributed by atoms with Crippen molar-refractivity contribution < 1.29 is 9.72 Å². The highest BCUT2D eigenvalue weighted by Crippen LogP contribution is 2.28. The smallest absolute Gasteiger partial charge is 0.293 e. The van der Waals surface area contributed by atoms with Crippen molar-refractivity contribution in [3.63, 3.8) is 0 Å². The van der Waals surface area contributed by atoms with Crippen LogP contribution in [0.5, 0.6) is 0 Å². The predicted octanol–water partition coefficient (Wildman–Crippen LogP) is 3.96. The van der Waals surface area contributed by atoms with Gasteiger partial charge in [-0.2, -0.15) is 0 Å². The molecule has 3 rings (SSSR count). The molecule has 2 aromatic rings. The van der Waals surface area contributed by atoms with Crippen LogP contribution in [0, 0.1) is 17.0 Å². The van der Waals surface area contributed by atoms with E-state index in [9.17, 15) is 14.9 Å². The molecule has 0 unspecified atom stereocenters. The fourth-order valence-electron chi connectivity index (χ4n) is 3.83. The first-order chi connectivity index (χ1) is 14.0. The molecule has 1 heterocycles. The van der Waals surface area contributed by atoms with Gasteiger partial charge in [-0.1, -0.05) is 30.3 Å². The lowest BCUT2D eigenvalue weighted by atomic mass is 10.1. The Balaban J connectivity index is 1.65. The first-order valence-corrected chi connectivity index (χ1v) is 10.0. The third kappa shape index (κ3) is 5.32. The molecule has 1 N–H and O–H groups in total. The average Bonchev–Trinajstić information content (AvgIpc) is 2.70. The number of aryl methyl sites for hydroxylation is 1. The average molecular weight is 396 g/mol. The third-order valence-corrected chi connectivity index (χ3v) is 5.25. The number of amides is 1. The molecule has 2 aromatic carbocycles. The van der Waals surface area contributed by atoms with E-state index in [1.54, 1.807) is 19.1 Å². The predicted molar refractivity (Wildman–Crippen MR) is 115 cm³/mol. The molecule has 1 amide bonds. The molecular weight excluding hydrogens is 368 g/mol. The van der Waals surface area contributed by atoms with E-state index in [4.69, 9.17) is 0 Å². The summed E-state index contributed by atoms with van der Waals surface area (Å²) in [4.78, 5) is 27.7. The number of nitro groups is 1. The molecule has 7 nitrogen and oxygen atoms in total. The van der Waals surface area contributed by atoms with Gasteiger partial charge < -0.3 is 10.2 Å². The molecular formula is C22H28N4O3. The highest BCUT2D eigenvalue weighted by molar-refractivity contribution is 5.95. The summed E-state index contributed by atoms with van der Waals surface area (Å²) in [7, 11) is 1.89. The SMILES string of the molecule is Cc1cccc([N+](=O)[O-])c1NC(=O)CN(C)Cc1ccccc1N1CCCCC1. The van der Waals surface area contributed by atoms with E-state index in [0.717, 1.165) is 13.1 Å². The van der Waals surface area contributed by atoms with Gasteiger partial charge in [0.2, 0.25) is 5.91 Å². The van der Waals surface area contributed by atoms with Crippen LogP contribution in [0.1, 0.15) is 30.4 Å². The number of carbonyl (C=O) groups excluding carboxylic acids is 1. The van der Waals surface area contributed by atoms with Crippen molar-refractivity contribution in [1.29, 1.82) is 0 Å². The third-order valence-electron chi connectivity index (χ3n) is 5.25. The van der Waals surface area contributed by atoms with Gasteiger partial charge in [0.25, 0.3) is 5.69 Å². The zero-order chi connectivity index (χ0) is 20.8. The standard InChI is InChI=1S/C22H28N4O3/c1-17-9-8-12-20(26(28)29)22(17)23-21(27)16-24(2)15-18-10-4-5-11-19(18)25-13-6-3-7-14-25/h4-5,8-12H,3,6-7,13-16H2,1-2H3,(H,23,27). The van der Waals surface area contributed by atoms with E-state index in [2.05, 4.69) is 28.4 Å². The van der Waals surface area contributed by atoms with E-state index >= 15 is 0 Å². The maximum absolute atomic E-state index is 12.5. The molecule has 0 bridgehead atoms. The van der Waals surface area contributed by atoms with Crippen LogP contribution in [-0.2, 0) is 11.3 Å². The van der Waals surface area contributed by atoms with Gasteiger partial charge >= 0.3 is 0 Å². The lowest BCUT2D eigenvalue weighted by Crippen LogP contribution is -2.33. The van der Waals surface area contributed by atoms with Crippen LogP contribution in [0.2, 0.25) is 0 Å². The Morgan fingerprint density at radius 2 is 1.86 bits per heavy atom. The maximum Gasteiger partial charge on any atom is 0.293 e. The zero-order valence-corrected chi connectivity index (χ0v) is 17.1. The molecule has 1 fully saturated rings. The van der Waals surface area contributed by atoms with Crippen LogP contribution in [0.15, 0.2) is 42.5 Å². The Morgan fingerprint density at radius 3 is 2.59 bits per heavy atom. The molecule has 7 heteroatoms. The maximum atomic E-state index is 12.5. The highest BCUT2D eigenvalue weighted by atomic mass is 16.6. The molecule has 29 heavy (non-hydrogen) atoms. The summed E-state index contributed by atoms with van der Waals surface area (Å²) in [6.45, 7) is 4.67. The molecule has 1 aliphatic heterocycles. The van der Waals surface area contributed by atoms with E-state index in [0.29, 0.717) is 12.1 Å². The molecule has 0 spiro atoms. The van der Waals surface area contributed by atoms with E-state index in [1.165, 1.54) is 36.6 Å². The summed E-state index contributed by atoms with van der Waals surface area (Å²) in [5.74, 6) is -0.264. The number of nitro benzene ring substituents is 1. The number of hydrogen-bond acceptors (Lipinski definition) is 5. The summed E-state index contributed by atoms with van der Waals surface area (Å²) >= 11 is 0. The number of anilines is 2. The molecule has 0 radical (unpaired) electrons. The number of carbonyl (C=O) groups is 1. The van der Waals surface area contributed by atoms with Gasteiger partial charge in [0.15, 0.2) is 0 Å². The number of para-hydroxylation sites is 2. The lowest BCUT2D eigenvalue weighted by Gasteiger charge is -2.31. The number of piperidine rings is 1. The summed E-state index contributed by atoms with van der Waals surface area (Å²) in [6.07, 6.45) is 3.70. The van der Waals surface area contributed by atoms with Gasteiger partial charge in [-0.3, -0.25) is 19.8 Å². The molecule has 1 saturated heterocycles. The van der Waals surface area contributed by atoms with Crippen molar-refractivity contribution >= 4 is 23.0 Å². The van der Waals surface area contributed by atoms with Crippen LogP contribution in [0.4, 0.5) is 17.1 Å². The van der Waals surface area contributed by atoms with E-state index in [1.807, 2.05) is 18.0 Å². The second-order valence-corrected chi connectivity index (χ2v) is 7.62. The molecule has 0 aromatic heterocycles. The van der Waals surface area contributed by atoms with Crippen molar-refractivity contribution in [2.75, 3.05) is 36.9 Å². The number of benzene rings is 2. The van der Waals surface area contributed by atoms with Crippen LogP contribution >= 0.6 is 0 Å². The van der Waals surface area contributed by atoms with Crippen LogP contribution in [0.3, 0.4) is 0 Å². The molecule has 1 aliphatic rings. The van der Waals surface area contributed by atoms with Gasteiger partial charge in [-0.25, -0.2) is 0 Å². The van der Waals surface area contributed by atoms with Crippen molar-refractivity contribution in [2.45, 2.75) is 32.7 Å². The Bertz CT molecular complexity index is 878. The second kappa shape index (κ2) is 9.52. The minimum Gasteiger partial charge on any atom is -0.371 e. The van der Waals surface area contributed by atoms with Crippen LogP contribution in [-0.4, -0.2) is 42.4 Å². The summed E-state index contributed by atoms with van der Waals surface area (Å²) in [5, 5.41) is 14.0. The molecule has 0 atom stereocenters.